The number of nitrogens with zero attached hydrogens (tertiary/aromatic N) is 3. The van der Waals surface area contributed by atoms with E-state index in [9.17, 15) is 4.79 Å². The molecule has 6 heteroatoms. The van der Waals surface area contributed by atoms with E-state index in [1.54, 1.807) is 12.4 Å². The maximum Gasteiger partial charge on any atom is 0.227 e. The highest BCUT2D eigenvalue weighted by Gasteiger charge is 2.14. The van der Waals surface area contributed by atoms with Gasteiger partial charge < -0.3 is 11.1 Å². The van der Waals surface area contributed by atoms with Crippen LogP contribution in [0.25, 0.3) is 11.0 Å². The molecule has 114 valence electrons. The van der Waals surface area contributed by atoms with Crippen LogP contribution in [0, 0.1) is 5.92 Å². The number of hydrogen-bond donors (Lipinski definition) is 2. The molecule has 1 amide bonds. The Morgan fingerprint density at radius 2 is 2.14 bits per heavy atom. The van der Waals surface area contributed by atoms with Crippen molar-refractivity contribution in [3.63, 3.8) is 0 Å². The van der Waals surface area contributed by atoms with E-state index in [0.29, 0.717) is 12.2 Å². The summed E-state index contributed by atoms with van der Waals surface area (Å²) < 4.78 is 1.87. The topological polar surface area (TPSA) is 85.8 Å². The second-order valence-corrected chi connectivity index (χ2v) is 5.64. The molecule has 0 fully saturated rings. The van der Waals surface area contributed by atoms with Crippen LogP contribution in [0.5, 0.6) is 0 Å². The Bertz CT molecular complexity index is 620. The summed E-state index contributed by atoms with van der Waals surface area (Å²) in [5.74, 6) is -0.0523. The quantitative estimate of drug-likeness (QED) is 0.854. The van der Waals surface area contributed by atoms with Crippen molar-refractivity contribution in [1.82, 2.24) is 14.8 Å². The minimum atomic E-state index is -0.0531. The third-order valence-corrected chi connectivity index (χ3v) is 3.48. The second-order valence-electron chi connectivity index (χ2n) is 5.64. The Morgan fingerprint density at radius 1 is 1.38 bits per heavy atom. The molecule has 0 aliphatic rings. The second kappa shape index (κ2) is 6.67. The van der Waals surface area contributed by atoms with E-state index in [1.165, 1.54) is 0 Å². The van der Waals surface area contributed by atoms with Gasteiger partial charge in [-0.2, -0.15) is 5.10 Å². The van der Waals surface area contributed by atoms with Gasteiger partial charge in [0.05, 0.1) is 18.1 Å². The van der Waals surface area contributed by atoms with Crippen molar-refractivity contribution < 1.29 is 4.79 Å². The van der Waals surface area contributed by atoms with Crippen LogP contribution in [0.2, 0.25) is 0 Å². The molecule has 1 atom stereocenters. The van der Waals surface area contributed by atoms with Gasteiger partial charge in [-0.1, -0.05) is 6.92 Å². The van der Waals surface area contributed by atoms with Gasteiger partial charge in [-0.3, -0.25) is 4.79 Å². The van der Waals surface area contributed by atoms with Gasteiger partial charge in [-0.15, -0.1) is 0 Å². The molecule has 0 saturated heterocycles. The Balaban J connectivity index is 2.11. The minimum Gasteiger partial charge on any atom is -0.330 e. The SMILES string of the molecule is CC(CCCN)C(=O)Nc1cnc2c(cnn2C(C)C)c1. The average molecular weight is 289 g/mol. The van der Waals surface area contributed by atoms with Gasteiger partial charge in [0.15, 0.2) is 5.65 Å². The van der Waals surface area contributed by atoms with Crippen LogP contribution in [-0.4, -0.2) is 27.2 Å². The molecule has 0 aliphatic carbocycles. The molecular formula is C15H23N5O. The van der Waals surface area contributed by atoms with Gasteiger partial charge in [-0.05, 0) is 39.3 Å². The Morgan fingerprint density at radius 3 is 2.81 bits per heavy atom. The van der Waals surface area contributed by atoms with Crippen molar-refractivity contribution >= 4 is 22.6 Å². The van der Waals surface area contributed by atoms with Gasteiger partial charge in [0, 0.05) is 17.3 Å². The first kappa shape index (κ1) is 15.4. The summed E-state index contributed by atoms with van der Waals surface area (Å²) in [7, 11) is 0. The molecule has 2 aromatic heterocycles. The van der Waals surface area contributed by atoms with E-state index in [1.807, 2.05) is 17.7 Å². The molecule has 2 rings (SSSR count). The smallest absolute Gasteiger partial charge is 0.227 e. The summed E-state index contributed by atoms with van der Waals surface area (Å²) in [6, 6.07) is 2.16. The maximum atomic E-state index is 12.1. The summed E-state index contributed by atoms with van der Waals surface area (Å²) in [4.78, 5) is 16.5. The van der Waals surface area contributed by atoms with Gasteiger partial charge in [0.2, 0.25) is 5.91 Å². The van der Waals surface area contributed by atoms with Crippen LogP contribution in [0.3, 0.4) is 0 Å². The zero-order valence-corrected chi connectivity index (χ0v) is 12.8. The summed E-state index contributed by atoms with van der Waals surface area (Å²) in [5, 5.41) is 8.15. The predicted octanol–water partition coefficient (Wildman–Crippen LogP) is 2.33. The lowest BCUT2D eigenvalue weighted by Crippen LogP contribution is -2.21. The van der Waals surface area contributed by atoms with E-state index in [0.717, 1.165) is 23.9 Å². The molecular weight excluding hydrogens is 266 g/mol. The number of rotatable bonds is 6. The predicted molar refractivity (Wildman–Crippen MR) is 84.0 cm³/mol. The van der Waals surface area contributed by atoms with Gasteiger partial charge in [0.25, 0.3) is 0 Å². The summed E-state index contributed by atoms with van der Waals surface area (Å²) in [6.07, 6.45) is 5.10. The van der Waals surface area contributed by atoms with E-state index < -0.39 is 0 Å². The maximum absolute atomic E-state index is 12.1. The van der Waals surface area contributed by atoms with E-state index in [2.05, 4.69) is 29.2 Å². The molecule has 0 radical (unpaired) electrons. The first-order chi connectivity index (χ1) is 10.0. The van der Waals surface area contributed by atoms with Crippen molar-refractivity contribution in [2.24, 2.45) is 11.7 Å². The average Bonchev–Trinajstić information content (AvgIpc) is 2.87. The molecule has 21 heavy (non-hydrogen) atoms. The van der Waals surface area contributed by atoms with Crippen molar-refractivity contribution in [3.05, 3.63) is 18.5 Å². The molecule has 3 N–H and O–H groups in total. The first-order valence-electron chi connectivity index (χ1n) is 7.37. The molecule has 2 aromatic rings. The zero-order valence-electron chi connectivity index (χ0n) is 12.8. The number of nitrogens with one attached hydrogen (secondary N) is 1. The molecule has 0 aliphatic heterocycles. The lowest BCUT2D eigenvalue weighted by molar-refractivity contribution is -0.119. The minimum absolute atomic E-state index is 0.000788. The third kappa shape index (κ3) is 3.58. The van der Waals surface area contributed by atoms with Crippen LogP contribution in [0.15, 0.2) is 18.5 Å². The largest absolute Gasteiger partial charge is 0.330 e. The number of carbonyl (C=O) groups excluding carboxylic acids is 1. The summed E-state index contributed by atoms with van der Waals surface area (Å²) in [6.45, 7) is 6.64. The van der Waals surface area contributed by atoms with Gasteiger partial charge >= 0.3 is 0 Å². The van der Waals surface area contributed by atoms with Gasteiger partial charge in [0.1, 0.15) is 0 Å². The van der Waals surface area contributed by atoms with E-state index in [-0.39, 0.29) is 17.9 Å². The summed E-state index contributed by atoms with van der Waals surface area (Å²) >= 11 is 0. The first-order valence-corrected chi connectivity index (χ1v) is 7.37. The molecule has 1 unspecified atom stereocenters. The fraction of sp³-hybridized carbons (Fsp3) is 0.533. The number of nitrogens with two attached hydrogens (primary N) is 1. The van der Waals surface area contributed by atoms with E-state index >= 15 is 0 Å². The van der Waals surface area contributed by atoms with Crippen LogP contribution < -0.4 is 11.1 Å². The van der Waals surface area contributed by atoms with E-state index in [4.69, 9.17) is 5.73 Å². The number of hydrogen-bond acceptors (Lipinski definition) is 4. The molecule has 0 spiro atoms. The Labute approximate surface area is 124 Å². The summed E-state index contributed by atoms with van der Waals surface area (Å²) in [5.41, 5.74) is 7.00. The standard InChI is InChI=1S/C15H23N5O/c1-10(2)20-14-12(8-18-20)7-13(9-17-14)19-15(21)11(3)5-4-6-16/h7-11H,4-6,16H2,1-3H3,(H,19,21). The third-order valence-electron chi connectivity index (χ3n) is 3.48. The number of amides is 1. The Hall–Kier alpha value is -1.95. The molecule has 0 saturated carbocycles. The fourth-order valence-corrected chi connectivity index (χ4v) is 2.21. The number of fused-ring (bicyclic) bond motifs is 1. The van der Waals surface area contributed by atoms with Crippen LogP contribution in [-0.2, 0) is 4.79 Å². The highest BCUT2D eigenvalue weighted by Crippen LogP contribution is 2.19. The lowest BCUT2D eigenvalue weighted by Gasteiger charge is -2.11. The monoisotopic (exact) mass is 289 g/mol. The Kier molecular flexibility index (Phi) is 4.90. The molecule has 6 nitrogen and oxygen atoms in total. The van der Waals surface area contributed by atoms with Crippen LogP contribution in [0.4, 0.5) is 5.69 Å². The normalized spacial score (nSPS) is 12.8. The lowest BCUT2D eigenvalue weighted by atomic mass is 10.0. The van der Waals surface area contributed by atoms with Crippen LogP contribution in [0.1, 0.15) is 39.7 Å². The fourth-order valence-electron chi connectivity index (χ4n) is 2.21. The highest BCUT2D eigenvalue weighted by molar-refractivity contribution is 5.93. The van der Waals surface area contributed by atoms with Crippen LogP contribution >= 0.6 is 0 Å². The highest BCUT2D eigenvalue weighted by atomic mass is 16.1. The molecule has 2 heterocycles. The molecule has 0 aromatic carbocycles. The van der Waals surface area contributed by atoms with Gasteiger partial charge in [-0.25, -0.2) is 9.67 Å². The zero-order chi connectivity index (χ0) is 15.4. The number of carbonyl (C=O) groups is 1. The number of anilines is 1. The van der Waals surface area contributed by atoms with Crippen molar-refractivity contribution in [3.8, 4) is 0 Å². The van der Waals surface area contributed by atoms with Crippen molar-refractivity contribution in [1.29, 1.82) is 0 Å². The molecule has 0 bridgehead atoms. The number of pyridine rings is 1. The van der Waals surface area contributed by atoms with Crippen molar-refractivity contribution in [2.45, 2.75) is 39.7 Å². The number of aromatic nitrogens is 3. The van der Waals surface area contributed by atoms with Crippen molar-refractivity contribution in [2.75, 3.05) is 11.9 Å².